The van der Waals surface area contributed by atoms with Crippen molar-refractivity contribution in [1.82, 2.24) is 4.90 Å². The summed E-state index contributed by atoms with van der Waals surface area (Å²) < 4.78 is 0. The highest BCUT2D eigenvalue weighted by Crippen LogP contribution is 2.35. The molecule has 3 heteroatoms. The standard InChI is InChI=1S/C18H26N2O/c1-14(17(21)20-10-2-3-11-20)12-15-4-6-16(7-5-15)13-18(19)8-9-18/h4-7,14H,2-3,8-13,19H2,1H3. The summed E-state index contributed by atoms with van der Waals surface area (Å²) in [6.07, 6.45) is 6.44. The number of likely N-dealkylation sites (tertiary alicyclic amines) is 1. The van der Waals surface area contributed by atoms with Crippen LogP contribution in [-0.2, 0) is 17.6 Å². The van der Waals surface area contributed by atoms with Gasteiger partial charge < -0.3 is 10.6 Å². The fourth-order valence-electron chi connectivity index (χ4n) is 3.23. The maximum absolute atomic E-state index is 12.3. The summed E-state index contributed by atoms with van der Waals surface area (Å²) in [7, 11) is 0. The Bertz CT molecular complexity index is 498. The predicted octanol–water partition coefficient (Wildman–Crippen LogP) is 2.52. The lowest BCUT2D eigenvalue weighted by Gasteiger charge is -2.20. The molecular formula is C18H26N2O. The zero-order chi connectivity index (χ0) is 14.9. The molecule has 2 fully saturated rings. The second-order valence-electron chi connectivity index (χ2n) is 6.99. The Hall–Kier alpha value is -1.35. The summed E-state index contributed by atoms with van der Waals surface area (Å²) in [6, 6.07) is 8.67. The number of rotatable bonds is 5. The molecule has 1 aliphatic carbocycles. The van der Waals surface area contributed by atoms with Crippen molar-refractivity contribution in [2.75, 3.05) is 13.1 Å². The average molecular weight is 286 g/mol. The van der Waals surface area contributed by atoms with Crippen molar-refractivity contribution < 1.29 is 4.79 Å². The SMILES string of the molecule is CC(Cc1ccc(CC2(N)CC2)cc1)C(=O)N1CCCC1. The van der Waals surface area contributed by atoms with Gasteiger partial charge in [-0.3, -0.25) is 4.79 Å². The number of carbonyl (C=O) groups excluding carboxylic acids is 1. The van der Waals surface area contributed by atoms with Crippen LogP contribution in [0.1, 0.15) is 43.7 Å². The van der Waals surface area contributed by atoms with E-state index in [1.807, 2.05) is 11.8 Å². The summed E-state index contributed by atoms with van der Waals surface area (Å²) in [5, 5.41) is 0. The number of amides is 1. The molecule has 0 radical (unpaired) electrons. The normalized spacial score (nSPS) is 21.3. The van der Waals surface area contributed by atoms with Gasteiger partial charge in [0, 0.05) is 24.5 Å². The monoisotopic (exact) mass is 286 g/mol. The highest BCUT2D eigenvalue weighted by molar-refractivity contribution is 5.79. The first kappa shape index (κ1) is 14.6. The number of hydrogen-bond acceptors (Lipinski definition) is 2. The highest BCUT2D eigenvalue weighted by atomic mass is 16.2. The molecule has 1 aliphatic heterocycles. The van der Waals surface area contributed by atoms with Crippen LogP contribution in [0.5, 0.6) is 0 Å². The smallest absolute Gasteiger partial charge is 0.225 e. The van der Waals surface area contributed by atoms with Crippen molar-refractivity contribution in [3.8, 4) is 0 Å². The molecule has 1 saturated heterocycles. The summed E-state index contributed by atoms with van der Waals surface area (Å²) in [5.41, 5.74) is 8.79. The van der Waals surface area contributed by atoms with E-state index in [0.717, 1.165) is 51.6 Å². The molecule has 21 heavy (non-hydrogen) atoms. The van der Waals surface area contributed by atoms with Crippen molar-refractivity contribution in [3.63, 3.8) is 0 Å². The van der Waals surface area contributed by atoms with Crippen molar-refractivity contribution in [3.05, 3.63) is 35.4 Å². The third-order valence-corrected chi connectivity index (χ3v) is 4.85. The lowest BCUT2D eigenvalue weighted by molar-refractivity contribution is -0.133. The van der Waals surface area contributed by atoms with E-state index >= 15 is 0 Å². The summed E-state index contributed by atoms with van der Waals surface area (Å²) >= 11 is 0. The van der Waals surface area contributed by atoms with E-state index in [2.05, 4.69) is 24.3 Å². The van der Waals surface area contributed by atoms with Crippen molar-refractivity contribution in [2.45, 2.75) is 51.0 Å². The van der Waals surface area contributed by atoms with Crippen LogP contribution in [0, 0.1) is 5.92 Å². The summed E-state index contributed by atoms with van der Waals surface area (Å²) in [5.74, 6) is 0.397. The molecule has 114 valence electrons. The van der Waals surface area contributed by atoms with Gasteiger partial charge in [0.1, 0.15) is 0 Å². The Labute approximate surface area is 127 Å². The zero-order valence-corrected chi connectivity index (χ0v) is 13.0. The van der Waals surface area contributed by atoms with Gasteiger partial charge in [-0.05, 0) is 49.7 Å². The fourth-order valence-corrected chi connectivity index (χ4v) is 3.23. The molecule has 1 heterocycles. The zero-order valence-electron chi connectivity index (χ0n) is 13.0. The molecule has 3 rings (SSSR count). The number of carbonyl (C=O) groups is 1. The van der Waals surface area contributed by atoms with Gasteiger partial charge in [0.2, 0.25) is 5.91 Å². The van der Waals surface area contributed by atoms with Crippen LogP contribution in [0.25, 0.3) is 0 Å². The molecule has 2 N–H and O–H groups in total. The van der Waals surface area contributed by atoms with Gasteiger partial charge in [-0.1, -0.05) is 31.2 Å². The second kappa shape index (κ2) is 5.80. The van der Waals surface area contributed by atoms with Crippen LogP contribution >= 0.6 is 0 Å². The first-order chi connectivity index (χ1) is 10.1. The number of hydrogen-bond donors (Lipinski definition) is 1. The van der Waals surface area contributed by atoms with E-state index in [0.29, 0.717) is 5.91 Å². The first-order valence-corrected chi connectivity index (χ1v) is 8.21. The highest BCUT2D eigenvalue weighted by Gasteiger charge is 2.37. The van der Waals surface area contributed by atoms with Gasteiger partial charge in [-0.25, -0.2) is 0 Å². The van der Waals surface area contributed by atoms with Crippen LogP contribution < -0.4 is 5.73 Å². The van der Waals surface area contributed by atoms with Crippen molar-refractivity contribution >= 4 is 5.91 Å². The van der Waals surface area contributed by atoms with Gasteiger partial charge in [-0.15, -0.1) is 0 Å². The lowest BCUT2D eigenvalue weighted by Crippen LogP contribution is -2.33. The maximum Gasteiger partial charge on any atom is 0.225 e. The Balaban J connectivity index is 1.55. The lowest BCUT2D eigenvalue weighted by atomic mass is 9.97. The molecule has 1 amide bonds. The molecule has 1 aromatic carbocycles. The van der Waals surface area contributed by atoms with Gasteiger partial charge >= 0.3 is 0 Å². The van der Waals surface area contributed by atoms with Gasteiger partial charge in [-0.2, -0.15) is 0 Å². The molecule has 1 aromatic rings. The van der Waals surface area contributed by atoms with Gasteiger partial charge in [0.25, 0.3) is 0 Å². The minimum absolute atomic E-state index is 0.0700. The number of benzene rings is 1. The molecule has 0 aromatic heterocycles. The third kappa shape index (κ3) is 3.65. The Kier molecular flexibility index (Phi) is 4.03. The Morgan fingerprint density at radius 3 is 2.33 bits per heavy atom. The third-order valence-electron chi connectivity index (χ3n) is 4.85. The maximum atomic E-state index is 12.3. The molecule has 3 nitrogen and oxygen atoms in total. The van der Waals surface area contributed by atoms with E-state index in [-0.39, 0.29) is 11.5 Å². The molecule has 1 saturated carbocycles. The average Bonchev–Trinajstić information content (AvgIpc) is 2.98. The number of nitrogens with two attached hydrogens (primary N) is 1. The second-order valence-corrected chi connectivity index (χ2v) is 6.99. The van der Waals surface area contributed by atoms with Crippen LogP contribution in [0.3, 0.4) is 0 Å². The van der Waals surface area contributed by atoms with E-state index in [1.54, 1.807) is 0 Å². The summed E-state index contributed by atoms with van der Waals surface area (Å²) in [6.45, 7) is 3.94. The van der Waals surface area contributed by atoms with E-state index in [1.165, 1.54) is 11.1 Å². The number of nitrogens with zero attached hydrogens (tertiary/aromatic N) is 1. The first-order valence-electron chi connectivity index (χ1n) is 8.21. The fraction of sp³-hybridized carbons (Fsp3) is 0.611. The van der Waals surface area contributed by atoms with E-state index < -0.39 is 0 Å². The van der Waals surface area contributed by atoms with Crippen LogP contribution in [-0.4, -0.2) is 29.4 Å². The predicted molar refractivity (Wildman–Crippen MR) is 85.0 cm³/mol. The quantitative estimate of drug-likeness (QED) is 0.904. The minimum Gasteiger partial charge on any atom is -0.342 e. The van der Waals surface area contributed by atoms with E-state index in [4.69, 9.17) is 5.73 Å². The van der Waals surface area contributed by atoms with E-state index in [9.17, 15) is 4.79 Å². The molecule has 0 spiro atoms. The Morgan fingerprint density at radius 1 is 1.19 bits per heavy atom. The topological polar surface area (TPSA) is 46.3 Å². The molecule has 1 atom stereocenters. The summed E-state index contributed by atoms with van der Waals surface area (Å²) in [4.78, 5) is 14.3. The van der Waals surface area contributed by atoms with Gasteiger partial charge in [0.05, 0.1) is 0 Å². The minimum atomic E-state index is 0.0700. The van der Waals surface area contributed by atoms with Crippen molar-refractivity contribution in [1.29, 1.82) is 0 Å². The Morgan fingerprint density at radius 2 is 1.76 bits per heavy atom. The molecular weight excluding hydrogens is 260 g/mol. The van der Waals surface area contributed by atoms with Crippen LogP contribution in [0.4, 0.5) is 0 Å². The van der Waals surface area contributed by atoms with Crippen LogP contribution in [0.2, 0.25) is 0 Å². The van der Waals surface area contributed by atoms with Gasteiger partial charge in [0.15, 0.2) is 0 Å². The molecule has 1 unspecified atom stereocenters. The largest absolute Gasteiger partial charge is 0.342 e. The van der Waals surface area contributed by atoms with Crippen molar-refractivity contribution in [2.24, 2.45) is 11.7 Å². The molecule has 2 aliphatic rings. The van der Waals surface area contributed by atoms with Crippen LogP contribution in [0.15, 0.2) is 24.3 Å². The molecule has 0 bridgehead atoms.